The molecule has 0 bridgehead atoms. The fourth-order valence-corrected chi connectivity index (χ4v) is 2.78. The summed E-state index contributed by atoms with van der Waals surface area (Å²) in [6.07, 6.45) is -13.2. The first kappa shape index (κ1) is 18.9. The van der Waals surface area contributed by atoms with Gasteiger partial charge in [-0.3, -0.25) is 0 Å². The van der Waals surface area contributed by atoms with Gasteiger partial charge < -0.3 is 50.0 Å². The average Bonchev–Trinajstić information content (AvgIpc) is 2.55. The Hall–Kier alpha value is -0.400. The molecule has 0 saturated carbocycles. The molecule has 2 aliphatic rings. The second kappa shape index (κ2) is 7.66. The van der Waals surface area contributed by atoms with E-state index < -0.39 is 74.4 Å². The maximum absolute atomic E-state index is 10.1. The van der Waals surface area contributed by atoms with E-state index in [-0.39, 0.29) is 0 Å². The monoisotopic (exact) mass is 340 g/mol. The van der Waals surface area contributed by atoms with Gasteiger partial charge in [-0.25, -0.2) is 0 Å². The molecular weight excluding hydrogens is 316 g/mol. The van der Waals surface area contributed by atoms with Crippen LogP contribution in [0.25, 0.3) is 0 Å². The summed E-state index contributed by atoms with van der Waals surface area (Å²) < 4.78 is 15.9. The summed E-state index contributed by atoms with van der Waals surface area (Å²) in [5.41, 5.74) is 0. The zero-order valence-electron chi connectivity index (χ0n) is 12.5. The van der Waals surface area contributed by atoms with Gasteiger partial charge in [0.15, 0.2) is 6.29 Å². The lowest BCUT2D eigenvalue weighted by molar-refractivity contribution is -0.341. The Morgan fingerprint density at radius 3 is 1.91 bits per heavy atom. The molecule has 1 unspecified atom stereocenters. The summed E-state index contributed by atoms with van der Waals surface area (Å²) in [7, 11) is 0. The molecule has 136 valence electrons. The molecule has 10 heteroatoms. The van der Waals surface area contributed by atoms with Crippen molar-refractivity contribution in [1.82, 2.24) is 0 Å². The molecule has 2 heterocycles. The van der Waals surface area contributed by atoms with Crippen LogP contribution in [-0.4, -0.2) is 110 Å². The van der Waals surface area contributed by atoms with E-state index in [0.717, 1.165) is 0 Å². The third-order valence-corrected chi connectivity index (χ3v) is 4.24. The van der Waals surface area contributed by atoms with Gasteiger partial charge in [0.2, 0.25) is 0 Å². The van der Waals surface area contributed by atoms with Crippen LogP contribution in [0.15, 0.2) is 0 Å². The van der Waals surface area contributed by atoms with Crippen LogP contribution < -0.4 is 0 Å². The topological polar surface area (TPSA) is 169 Å². The highest BCUT2D eigenvalue weighted by molar-refractivity contribution is 4.94. The van der Waals surface area contributed by atoms with Crippen LogP contribution >= 0.6 is 0 Å². The molecule has 0 aromatic rings. The molecule has 0 aromatic carbocycles. The smallest absolute Gasteiger partial charge is 0.187 e. The number of hydrogen-bond donors (Lipinski definition) is 7. The predicted molar refractivity (Wildman–Crippen MR) is 72.1 cm³/mol. The molecule has 0 aromatic heterocycles. The first-order chi connectivity index (χ1) is 10.8. The van der Waals surface area contributed by atoms with E-state index >= 15 is 0 Å². The van der Waals surface area contributed by atoms with Gasteiger partial charge >= 0.3 is 0 Å². The highest BCUT2D eigenvalue weighted by Gasteiger charge is 2.49. The second-order valence-corrected chi connectivity index (χ2v) is 5.84. The van der Waals surface area contributed by atoms with Crippen LogP contribution in [0.4, 0.5) is 0 Å². The maximum atomic E-state index is 10.1. The lowest BCUT2D eigenvalue weighted by Gasteiger charge is -2.45. The van der Waals surface area contributed by atoms with Crippen molar-refractivity contribution >= 4 is 0 Å². The molecule has 0 spiro atoms. The summed E-state index contributed by atoms with van der Waals surface area (Å²) in [5, 5.41) is 67.8. The molecular formula is C13H24O10. The van der Waals surface area contributed by atoms with Crippen molar-refractivity contribution in [2.45, 2.75) is 68.1 Å². The Kier molecular flexibility index (Phi) is 6.30. The maximum Gasteiger partial charge on any atom is 0.187 e. The van der Waals surface area contributed by atoms with Crippen molar-refractivity contribution in [3.63, 3.8) is 0 Å². The Morgan fingerprint density at radius 1 is 0.739 bits per heavy atom. The van der Waals surface area contributed by atoms with Gasteiger partial charge in [0.1, 0.15) is 48.8 Å². The summed E-state index contributed by atoms with van der Waals surface area (Å²) in [6, 6.07) is 0. The van der Waals surface area contributed by atoms with Gasteiger partial charge in [-0.15, -0.1) is 0 Å². The third-order valence-electron chi connectivity index (χ3n) is 4.24. The Bertz CT molecular complexity index is 378. The van der Waals surface area contributed by atoms with Crippen molar-refractivity contribution < 1.29 is 50.0 Å². The van der Waals surface area contributed by atoms with Crippen molar-refractivity contribution in [2.24, 2.45) is 0 Å². The molecule has 10 atom stereocenters. The van der Waals surface area contributed by atoms with Gasteiger partial charge in [-0.05, 0) is 6.92 Å². The zero-order valence-corrected chi connectivity index (χ0v) is 12.5. The van der Waals surface area contributed by atoms with E-state index in [1.54, 1.807) is 0 Å². The largest absolute Gasteiger partial charge is 0.394 e. The molecule has 0 radical (unpaired) electrons. The molecule has 2 aliphatic heterocycles. The molecule has 23 heavy (non-hydrogen) atoms. The van der Waals surface area contributed by atoms with E-state index in [9.17, 15) is 30.6 Å². The molecule has 2 rings (SSSR count). The number of ether oxygens (including phenoxy) is 3. The standard InChI is InChI=1S/C13H24O10/c1-4-7(16)10(19)12(6(3-15)21-4)23-13-11(20)9(18)8(17)5(2-14)22-13/h4-20H,2-3H2,1H3/t4?,5-,6-,7+,8+,9+,10-,11-,12-,13+/m1/s1. The van der Waals surface area contributed by atoms with Gasteiger partial charge in [0, 0.05) is 0 Å². The summed E-state index contributed by atoms with van der Waals surface area (Å²) >= 11 is 0. The average molecular weight is 340 g/mol. The van der Waals surface area contributed by atoms with Crippen LogP contribution in [0, 0.1) is 0 Å². The Labute approximate surface area is 132 Å². The van der Waals surface area contributed by atoms with E-state index in [4.69, 9.17) is 19.3 Å². The molecule has 2 fully saturated rings. The first-order valence-electron chi connectivity index (χ1n) is 7.40. The van der Waals surface area contributed by atoms with Gasteiger partial charge in [-0.1, -0.05) is 0 Å². The molecule has 0 amide bonds. The molecule has 7 N–H and O–H groups in total. The minimum Gasteiger partial charge on any atom is -0.394 e. The lowest BCUT2D eigenvalue weighted by atomic mass is 9.95. The van der Waals surface area contributed by atoms with Crippen LogP contribution in [0.2, 0.25) is 0 Å². The molecule has 2 saturated heterocycles. The van der Waals surface area contributed by atoms with Crippen molar-refractivity contribution in [3.8, 4) is 0 Å². The summed E-state index contributed by atoms with van der Waals surface area (Å²) in [5.74, 6) is 0. The van der Waals surface area contributed by atoms with Crippen LogP contribution in [-0.2, 0) is 14.2 Å². The van der Waals surface area contributed by atoms with Crippen LogP contribution in [0.1, 0.15) is 6.92 Å². The minimum absolute atomic E-state index is 0.518. The highest BCUT2D eigenvalue weighted by atomic mass is 16.7. The Balaban J connectivity index is 2.11. The summed E-state index contributed by atoms with van der Waals surface area (Å²) in [4.78, 5) is 0. The Morgan fingerprint density at radius 2 is 1.35 bits per heavy atom. The lowest BCUT2D eigenvalue weighted by Crippen LogP contribution is -2.64. The van der Waals surface area contributed by atoms with E-state index in [2.05, 4.69) is 0 Å². The van der Waals surface area contributed by atoms with Crippen molar-refractivity contribution in [2.75, 3.05) is 13.2 Å². The van der Waals surface area contributed by atoms with E-state index in [0.29, 0.717) is 0 Å². The van der Waals surface area contributed by atoms with Gasteiger partial charge in [0.05, 0.1) is 19.3 Å². The highest BCUT2D eigenvalue weighted by Crippen LogP contribution is 2.28. The molecule has 0 aliphatic carbocycles. The quantitative estimate of drug-likeness (QED) is 0.265. The third kappa shape index (κ3) is 3.66. The zero-order chi connectivity index (χ0) is 17.3. The van der Waals surface area contributed by atoms with Crippen molar-refractivity contribution in [3.05, 3.63) is 0 Å². The summed E-state index contributed by atoms with van der Waals surface area (Å²) in [6.45, 7) is 0.369. The fraction of sp³-hybridized carbons (Fsp3) is 1.00. The number of aliphatic hydroxyl groups excluding tert-OH is 7. The normalized spacial score (nSPS) is 51.7. The van der Waals surface area contributed by atoms with E-state index in [1.807, 2.05) is 0 Å². The number of hydrogen-bond acceptors (Lipinski definition) is 10. The minimum atomic E-state index is -1.66. The predicted octanol–water partition coefficient (Wildman–Crippen LogP) is -4.33. The number of rotatable bonds is 4. The van der Waals surface area contributed by atoms with Gasteiger partial charge in [0.25, 0.3) is 0 Å². The van der Waals surface area contributed by atoms with E-state index in [1.165, 1.54) is 6.92 Å². The first-order valence-corrected chi connectivity index (χ1v) is 7.40. The van der Waals surface area contributed by atoms with Crippen LogP contribution in [0.5, 0.6) is 0 Å². The van der Waals surface area contributed by atoms with Crippen molar-refractivity contribution in [1.29, 1.82) is 0 Å². The van der Waals surface area contributed by atoms with Gasteiger partial charge in [-0.2, -0.15) is 0 Å². The SMILES string of the molecule is CC1O[C@H](CO)[C@@H](O[C@@H]2O[C@H](CO)[C@H](O)[C@H](O)[C@H]2O)[C@H](O)[C@H]1O. The number of aliphatic hydroxyl groups is 7. The second-order valence-electron chi connectivity index (χ2n) is 5.84. The molecule has 10 nitrogen and oxygen atoms in total. The van der Waals surface area contributed by atoms with Crippen LogP contribution in [0.3, 0.4) is 0 Å². The fourth-order valence-electron chi connectivity index (χ4n) is 2.78.